The molecule has 114 valence electrons. The number of benzene rings is 2. The van der Waals surface area contributed by atoms with Gasteiger partial charge in [0.15, 0.2) is 0 Å². The Balaban J connectivity index is 1.71. The lowest BCUT2D eigenvalue weighted by atomic mass is 10.1. The average molecular weight is 307 g/mol. The summed E-state index contributed by atoms with van der Waals surface area (Å²) in [5, 5.41) is 2.81. The summed E-state index contributed by atoms with van der Waals surface area (Å²) < 4.78 is 13.0. The molecule has 0 unspecified atom stereocenters. The maximum absolute atomic E-state index is 13.0. The summed E-state index contributed by atoms with van der Waals surface area (Å²) >= 11 is 0. The van der Waals surface area contributed by atoms with Gasteiger partial charge in [-0.1, -0.05) is 18.2 Å². The van der Waals surface area contributed by atoms with Gasteiger partial charge >= 0.3 is 0 Å². The second-order valence-corrected chi connectivity index (χ2v) is 4.95. The van der Waals surface area contributed by atoms with Crippen LogP contribution in [0, 0.1) is 5.82 Å². The molecule has 3 rings (SSSR count). The highest BCUT2D eigenvalue weighted by molar-refractivity contribution is 5.94. The zero-order valence-corrected chi connectivity index (χ0v) is 12.2. The lowest BCUT2D eigenvalue weighted by Crippen LogP contribution is -2.23. The van der Waals surface area contributed by atoms with Crippen molar-refractivity contribution in [1.29, 1.82) is 0 Å². The number of carbonyl (C=O) groups excluding carboxylic acids is 1. The monoisotopic (exact) mass is 307 g/mol. The third-order valence-electron chi connectivity index (χ3n) is 3.33. The SMILES string of the molecule is O=C(NCc1cc(-c2ccc(F)cc2)ncn1)c1ccccc1. The molecule has 0 radical (unpaired) electrons. The van der Waals surface area contributed by atoms with Gasteiger partial charge in [0, 0.05) is 11.1 Å². The van der Waals surface area contributed by atoms with E-state index in [1.807, 2.05) is 18.2 Å². The van der Waals surface area contributed by atoms with Crippen LogP contribution in [-0.4, -0.2) is 15.9 Å². The van der Waals surface area contributed by atoms with Gasteiger partial charge in [-0.2, -0.15) is 0 Å². The van der Waals surface area contributed by atoms with Crippen LogP contribution in [0.4, 0.5) is 4.39 Å². The second-order valence-electron chi connectivity index (χ2n) is 4.95. The van der Waals surface area contributed by atoms with E-state index >= 15 is 0 Å². The van der Waals surface area contributed by atoms with Crippen LogP contribution in [-0.2, 0) is 6.54 Å². The van der Waals surface area contributed by atoms with Gasteiger partial charge < -0.3 is 5.32 Å². The molecule has 0 aliphatic heterocycles. The van der Waals surface area contributed by atoms with Crippen molar-refractivity contribution in [3.05, 3.63) is 84.1 Å². The molecule has 1 N–H and O–H groups in total. The number of rotatable bonds is 4. The number of nitrogens with one attached hydrogen (secondary N) is 1. The van der Waals surface area contributed by atoms with E-state index in [4.69, 9.17) is 0 Å². The molecule has 0 atom stereocenters. The van der Waals surface area contributed by atoms with E-state index in [0.717, 1.165) is 5.56 Å². The Morgan fingerprint density at radius 2 is 1.74 bits per heavy atom. The zero-order valence-electron chi connectivity index (χ0n) is 12.2. The minimum absolute atomic E-state index is 0.160. The average Bonchev–Trinajstić information content (AvgIpc) is 2.61. The zero-order chi connectivity index (χ0) is 16.1. The lowest BCUT2D eigenvalue weighted by molar-refractivity contribution is 0.0950. The first kappa shape index (κ1) is 14.8. The molecule has 23 heavy (non-hydrogen) atoms. The fourth-order valence-corrected chi connectivity index (χ4v) is 2.14. The summed E-state index contributed by atoms with van der Waals surface area (Å²) in [5.41, 5.74) is 2.76. The molecule has 0 spiro atoms. The summed E-state index contributed by atoms with van der Waals surface area (Å²) in [4.78, 5) is 20.3. The largest absolute Gasteiger partial charge is 0.346 e. The quantitative estimate of drug-likeness (QED) is 0.805. The Morgan fingerprint density at radius 1 is 1.00 bits per heavy atom. The molecule has 0 saturated carbocycles. The van der Waals surface area contributed by atoms with Crippen molar-refractivity contribution in [2.75, 3.05) is 0 Å². The molecular formula is C18H14FN3O. The Morgan fingerprint density at radius 3 is 2.48 bits per heavy atom. The number of carbonyl (C=O) groups is 1. The molecule has 3 aromatic rings. The number of amides is 1. The molecule has 0 aliphatic carbocycles. The first-order chi connectivity index (χ1) is 11.2. The highest BCUT2D eigenvalue weighted by Crippen LogP contribution is 2.17. The maximum atomic E-state index is 13.0. The van der Waals surface area contributed by atoms with Crippen LogP contribution in [0.5, 0.6) is 0 Å². The Kier molecular flexibility index (Phi) is 4.38. The minimum atomic E-state index is -0.293. The van der Waals surface area contributed by atoms with Gasteiger partial charge in [0.1, 0.15) is 12.1 Å². The van der Waals surface area contributed by atoms with Crippen molar-refractivity contribution >= 4 is 5.91 Å². The molecule has 4 nitrogen and oxygen atoms in total. The standard InChI is InChI=1S/C18H14FN3O/c19-15-8-6-13(7-9-15)17-10-16(21-12-22-17)11-20-18(23)14-4-2-1-3-5-14/h1-10,12H,11H2,(H,20,23). The summed E-state index contributed by atoms with van der Waals surface area (Å²) in [5.74, 6) is -0.453. The highest BCUT2D eigenvalue weighted by atomic mass is 19.1. The third kappa shape index (κ3) is 3.77. The molecule has 5 heteroatoms. The Hall–Kier alpha value is -3.08. The molecule has 2 aromatic carbocycles. The van der Waals surface area contributed by atoms with Gasteiger partial charge in [-0.15, -0.1) is 0 Å². The number of hydrogen-bond acceptors (Lipinski definition) is 3. The first-order valence-electron chi connectivity index (χ1n) is 7.12. The Labute approximate surface area is 133 Å². The number of halogens is 1. The molecular weight excluding hydrogens is 293 g/mol. The maximum Gasteiger partial charge on any atom is 0.251 e. The first-order valence-corrected chi connectivity index (χ1v) is 7.12. The number of hydrogen-bond donors (Lipinski definition) is 1. The smallest absolute Gasteiger partial charge is 0.251 e. The third-order valence-corrected chi connectivity index (χ3v) is 3.33. The topological polar surface area (TPSA) is 54.9 Å². The fraction of sp³-hybridized carbons (Fsp3) is 0.0556. The summed E-state index contributed by atoms with van der Waals surface area (Å²) in [6.07, 6.45) is 1.43. The molecule has 0 aliphatic rings. The van der Waals surface area contributed by atoms with Gasteiger partial charge in [-0.05, 0) is 42.5 Å². The van der Waals surface area contributed by atoms with Crippen molar-refractivity contribution in [2.24, 2.45) is 0 Å². The fourth-order valence-electron chi connectivity index (χ4n) is 2.14. The van der Waals surface area contributed by atoms with E-state index in [2.05, 4.69) is 15.3 Å². The summed E-state index contributed by atoms with van der Waals surface area (Å²) in [6, 6.07) is 16.8. The van der Waals surface area contributed by atoms with Crippen LogP contribution in [0.15, 0.2) is 67.0 Å². The molecule has 1 amide bonds. The predicted octanol–water partition coefficient (Wildman–Crippen LogP) is 3.21. The number of nitrogens with zero attached hydrogens (tertiary/aromatic N) is 2. The van der Waals surface area contributed by atoms with E-state index in [-0.39, 0.29) is 11.7 Å². The highest BCUT2D eigenvalue weighted by Gasteiger charge is 2.06. The van der Waals surface area contributed by atoms with Crippen molar-refractivity contribution in [3.63, 3.8) is 0 Å². The van der Waals surface area contributed by atoms with Gasteiger partial charge in [0.2, 0.25) is 0 Å². The van der Waals surface area contributed by atoms with Crippen molar-refractivity contribution in [1.82, 2.24) is 15.3 Å². The molecule has 0 bridgehead atoms. The van der Waals surface area contributed by atoms with Gasteiger partial charge in [-0.3, -0.25) is 4.79 Å². The van der Waals surface area contributed by atoms with E-state index in [0.29, 0.717) is 23.5 Å². The number of aromatic nitrogens is 2. The summed E-state index contributed by atoms with van der Waals surface area (Å²) in [6.45, 7) is 0.296. The van der Waals surface area contributed by atoms with E-state index in [9.17, 15) is 9.18 Å². The van der Waals surface area contributed by atoms with Crippen LogP contribution >= 0.6 is 0 Å². The van der Waals surface area contributed by atoms with Crippen molar-refractivity contribution in [2.45, 2.75) is 6.54 Å². The van der Waals surface area contributed by atoms with Crippen LogP contribution < -0.4 is 5.32 Å². The van der Waals surface area contributed by atoms with E-state index in [1.54, 1.807) is 30.3 Å². The lowest BCUT2D eigenvalue weighted by Gasteiger charge is -2.06. The normalized spacial score (nSPS) is 10.3. The summed E-state index contributed by atoms with van der Waals surface area (Å²) in [7, 11) is 0. The van der Waals surface area contributed by atoms with Crippen LogP contribution in [0.3, 0.4) is 0 Å². The van der Waals surface area contributed by atoms with Crippen LogP contribution in [0.1, 0.15) is 16.1 Å². The second kappa shape index (κ2) is 6.79. The van der Waals surface area contributed by atoms with Crippen molar-refractivity contribution < 1.29 is 9.18 Å². The van der Waals surface area contributed by atoms with E-state index in [1.165, 1.54) is 18.5 Å². The molecule has 1 aromatic heterocycles. The Bertz CT molecular complexity index is 804. The molecule has 0 saturated heterocycles. The van der Waals surface area contributed by atoms with Gasteiger partial charge in [0.05, 0.1) is 17.9 Å². The van der Waals surface area contributed by atoms with Gasteiger partial charge in [-0.25, -0.2) is 14.4 Å². The molecule has 0 fully saturated rings. The van der Waals surface area contributed by atoms with Crippen molar-refractivity contribution in [3.8, 4) is 11.3 Å². The molecule has 1 heterocycles. The minimum Gasteiger partial charge on any atom is -0.346 e. The van der Waals surface area contributed by atoms with E-state index < -0.39 is 0 Å². The van der Waals surface area contributed by atoms with Crippen LogP contribution in [0.25, 0.3) is 11.3 Å². The van der Waals surface area contributed by atoms with Crippen LogP contribution in [0.2, 0.25) is 0 Å². The van der Waals surface area contributed by atoms with Gasteiger partial charge in [0.25, 0.3) is 5.91 Å². The predicted molar refractivity (Wildman–Crippen MR) is 85.0 cm³/mol.